The van der Waals surface area contributed by atoms with E-state index in [4.69, 9.17) is 14.3 Å². The highest BCUT2D eigenvalue weighted by molar-refractivity contribution is 5.69. The molecule has 0 aliphatic carbocycles. The molecule has 0 aromatic rings. The monoisotopic (exact) mass is 793 g/mol. The Balaban J connectivity index is 4.31. The fraction of sp³-hybridized carbons (Fsp3) is 0.939. The number of oxime groups is 1. The van der Waals surface area contributed by atoms with Crippen LogP contribution < -0.4 is 0 Å². The summed E-state index contributed by atoms with van der Waals surface area (Å²) in [5.74, 6) is 1.38. The van der Waals surface area contributed by atoms with Gasteiger partial charge >= 0.3 is 11.9 Å². The first-order valence-electron chi connectivity index (χ1n) is 24.5. The zero-order valence-electron chi connectivity index (χ0n) is 38.4. The van der Waals surface area contributed by atoms with E-state index in [0.717, 1.165) is 109 Å². The Morgan fingerprint density at radius 1 is 0.482 bits per heavy atom. The van der Waals surface area contributed by atoms with Crippen molar-refractivity contribution in [2.24, 2.45) is 17.0 Å². The first-order chi connectivity index (χ1) is 27.4. The molecule has 0 rings (SSSR count). The summed E-state index contributed by atoms with van der Waals surface area (Å²) in [6, 6.07) is 0. The molecular weight excluding hydrogens is 697 g/mol. The first kappa shape index (κ1) is 54.4. The predicted octanol–water partition coefficient (Wildman–Crippen LogP) is 14.6. The van der Waals surface area contributed by atoms with Gasteiger partial charge in [-0.15, -0.1) is 0 Å². The highest BCUT2D eigenvalue weighted by Gasteiger charge is 2.13. The van der Waals surface area contributed by atoms with Gasteiger partial charge in [0, 0.05) is 19.1 Å². The Morgan fingerprint density at radius 2 is 0.857 bits per heavy atom. The molecular formula is C49H96N2O5. The van der Waals surface area contributed by atoms with Gasteiger partial charge in [-0.2, -0.15) is 0 Å². The van der Waals surface area contributed by atoms with Crippen LogP contribution in [0.1, 0.15) is 246 Å². The maximum atomic E-state index is 12.4. The van der Waals surface area contributed by atoms with Crippen LogP contribution in [0, 0.1) is 11.8 Å². The molecule has 0 aliphatic rings. The Bertz CT molecular complexity index is 789. The number of esters is 2. The molecule has 0 bridgehead atoms. The molecule has 0 saturated carbocycles. The summed E-state index contributed by atoms with van der Waals surface area (Å²) in [6.45, 7) is 11.3. The standard InChI is InChI=1S/C49H96N2O5/c1-7-11-21-31-45(32-22-12-8-2)39-43-54-48(52)37-27-19-15-17-25-35-47(56-50-41-29-30-42-51(5)6)36-26-18-16-20-28-38-49(53)55-44-40-46(33-23-13-9-3)34-24-14-10-4/h41,45-47H,7-40,42-44H2,1-6H3/b50-41+. The highest BCUT2D eigenvalue weighted by atomic mass is 16.6. The third-order valence-corrected chi connectivity index (χ3v) is 11.5. The number of hydrogen-bond acceptors (Lipinski definition) is 7. The van der Waals surface area contributed by atoms with Gasteiger partial charge in [0.05, 0.1) is 13.2 Å². The molecule has 0 aromatic heterocycles. The second-order valence-corrected chi connectivity index (χ2v) is 17.3. The van der Waals surface area contributed by atoms with E-state index in [-0.39, 0.29) is 18.0 Å². The predicted molar refractivity (Wildman–Crippen MR) is 240 cm³/mol. The number of carbonyl (C=O) groups is 2. The van der Waals surface area contributed by atoms with Crippen molar-refractivity contribution in [2.75, 3.05) is 33.9 Å². The van der Waals surface area contributed by atoms with Gasteiger partial charge in [0.1, 0.15) is 6.10 Å². The lowest BCUT2D eigenvalue weighted by Crippen LogP contribution is -2.13. The van der Waals surface area contributed by atoms with E-state index in [9.17, 15) is 9.59 Å². The quantitative estimate of drug-likeness (QED) is 0.0265. The summed E-state index contributed by atoms with van der Waals surface area (Å²) in [4.78, 5) is 33.0. The maximum Gasteiger partial charge on any atom is 0.305 e. The van der Waals surface area contributed by atoms with Crippen molar-refractivity contribution in [3.05, 3.63) is 0 Å². The summed E-state index contributed by atoms with van der Waals surface area (Å²) >= 11 is 0. The van der Waals surface area contributed by atoms with E-state index in [2.05, 4.69) is 51.8 Å². The van der Waals surface area contributed by atoms with Crippen molar-refractivity contribution >= 4 is 18.2 Å². The third-order valence-electron chi connectivity index (χ3n) is 11.5. The Morgan fingerprint density at radius 3 is 1.25 bits per heavy atom. The molecule has 0 unspecified atom stereocenters. The summed E-state index contributed by atoms with van der Waals surface area (Å²) in [6.07, 6.45) is 40.8. The lowest BCUT2D eigenvalue weighted by molar-refractivity contribution is -0.145. The summed E-state index contributed by atoms with van der Waals surface area (Å²) < 4.78 is 11.3. The number of rotatable bonds is 44. The molecule has 7 nitrogen and oxygen atoms in total. The van der Waals surface area contributed by atoms with Gasteiger partial charge in [-0.05, 0) is 96.7 Å². The van der Waals surface area contributed by atoms with Crippen molar-refractivity contribution in [1.82, 2.24) is 4.90 Å². The van der Waals surface area contributed by atoms with Crippen LogP contribution in [0.2, 0.25) is 0 Å². The minimum Gasteiger partial charge on any atom is -0.466 e. The number of hydrogen-bond donors (Lipinski definition) is 0. The van der Waals surface area contributed by atoms with Crippen LogP contribution in [-0.4, -0.2) is 63.0 Å². The topological polar surface area (TPSA) is 77.4 Å². The second kappa shape index (κ2) is 43.0. The minimum absolute atomic E-state index is 0.0163. The molecule has 0 aliphatic heterocycles. The van der Waals surface area contributed by atoms with Crippen LogP contribution >= 0.6 is 0 Å². The molecule has 0 radical (unpaired) electrons. The average molecular weight is 793 g/mol. The minimum atomic E-state index is -0.0163. The van der Waals surface area contributed by atoms with Crippen LogP contribution in [0.25, 0.3) is 0 Å². The van der Waals surface area contributed by atoms with E-state index in [0.29, 0.717) is 37.9 Å². The van der Waals surface area contributed by atoms with E-state index in [1.165, 1.54) is 103 Å². The van der Waals surface area contributed by atoms with Crippen LogP contribution in [-0.2, 0) is 23.9 Å². The molecule has 0 atom stereocenters. The Hall–Kier alpha value is -1.63. The molecule has 0 amide bonds. The summed E-state index contributed by atoms with van der Waals surface area (Å²) in [5, 5.41) is 4.36. The Kier molecular flexibility index (Phi) is 41.7. The highest BCUT2D eigenvalue weighted by Crippen LogP contribution is 2.23. The second-order valence-electron chi connectivity index (χ2n) is 17.3. The zero-order chi connectivity index (χ0) is 41.2. The van der Waals surface area contributed by atoms with Crippen LogP contribution in [0.4, 0.5) is 0 Å². The van der Waals surface area contributed by atoms with Gasteiger partial charge < -0.3 is 19.2 Å². The number of unbranched alkanes of at least 4 members (excludes halogenated alkanes) is 17. The molecule has 332 valence electrons. The van der Waals surface area contributed by atoms with Gasteiger partial charge in [-0.1, -0.05) is 174 Å². The van der Waals surface area contributed by atoms with Crippen LogP contribution in [0.3, 0.4) is 0 Å². The van der Waals surface area contributed by atoms with Crippen molar-refractivity contribution in [3.63, 3.8) is 0 Å². The van der Waals surface area contributed by atoms with Crippen LogP contribution in [0.5, 0.6) is 0 Å². The van der Waals surface area contributed by atoms with Crippen LogP contribution in [0.15, 0.2) is 5.16 Å². The molecule has 56 heavy (non-hydrogen) atoms. The van der Waals surface area contributed by atoms with Crippen molar-refractivity contribution in [3.8, 4) is 0 Å². The lowest BCUT2D eigenvalue weighted by atomic mass is 9.92. The molecule has 7 heteroatoms. The normalized spacial score (nSPS) is 11.9. The molecule has 0 N–H and O–H groups in total. The number of nitrogens with zero attached hydrogens (tertiary/aromatic N) is 2. The molecule has 0 saturated heterocycles. The van der Waals surface area contributed by atoms with Crippen molar-refractivity contribution in [2.45, 2.75) is 252 Å². The van der Waals surface area contributed by atoms with E-state index in [1.54, 1.807) is 0 Å². The van der Waals surface area contributed by atoms with Crippen molar-refractivity contribution in [1.29, 1.82) is 0 Å². The maximum absolute atomic E-state index is 12.4. The molecule has 0 heterocycles. The zero-order valence-corrected chi connectivity index (χ0v) is 38.4. The van der Waals surface area contributed by atoms with Gasteiger partial charge in [0.15, 0.2) is 0 Å². The average Bonchev–Trinajstić information content (AvgIpc) is 3.17. The summed E-state index contributed by atoms with van der Waals surface area (Å²) in [7, 11) is 4.20. The first-order valence-corrected chi connectivity index (χ1v) is 24.5. The fourth-order valence-electron chi connectivity index (χ4n) is 7.69. The third kappa shape index (κ3) is 39.2. The smallest absolute Gasteiger partial charge is 0.305 e. The number of ether oxygens (including phenoxy) is 2. The van der Waals surface area contributed by atoms with Gasteiger partial charge in [0.2, 0.25) is 0 Å². The van der Waals surface area contributed by atoms with E-state index in [1.807, 2.05) is 6.21 Å². The van der Waals surface area contributed by atoms with Crippen molar-refractivity contribution < 1.29 is 23.9 Å². The summed E-state index contributed by atoms with van der Waals surface area (Å²) in [5.41, 5.74) is 0. The van der Waals surface area contributed by atoms with E-state index >= 15 is 0 Å². The SMILES string of the molecule is CCCCCC(CCCCC)CCOC(=O)CCCCCCCC(CCCCCCCC(=O)OCCC(CCCCC)CCCCC)O/N=C/CCCN(C)C. The number of carbonyl (C=O) groups excluding carboxylic acids is 2. The van der Waals surface area contributed by atoms with Gasteiger partial charge in [-0.3, -0.25) is 9.59 Å². The molecule has 0 aromatic carbocycles. The molecule has 0 spiro atoms. The van der Waals surface area contributed by atoms with Gasteiger partial charge in [-0.25, -0.2) is 0 Å². The lowest BCUT2D eigenvalue weighted by Gasteiger charge is -2.17. The molecule has 0 fully saturated rings. The van der Waals surface area contributed by atoms with E-state index < -0.39 is 0 Å². The Labute approximate surface area is 349 Å². The van der Waals surface area contributed by atoms with Gasteiger partial charge in [0.25, 0.3) is 0 Å². The fourth-order valence-corrected chi connectivity index (χ4v) is 7.69. The largest absolute Gasteiger partial charge is 0.466 e.